The number of quaternary nitrogens is 1. The molecule has 0 atom stereocenters. The van der Waals surface area contributed by atoms with Crippen LogP contribution in [-0.4, -0.2) is 44.0 Å². The summed E-state index contributed by atoms with van der Waals surface area (Å²) in [5.41, 5.74) is 0.518. The lowest BCUT2D eigenvalue weighted by molar-refractivity contribution is -0.883. The Morgan fingerprint density at radius 3 is 2.57 bits per heavy atom. The van der Waals surface area contributed by atoms with Crippen LogP contribution in [0, 0.1) is 17.1 Å². The van der Waals surface area contributed by atoms with Crippen molar-refractivity contribution in [1.82, 2.24) is 4.90 Å². The van der Waals surface area contributed by atoms with Gasteiger partial charge in [-0.15, -0.1) is 0 Å². The molecule has 21 heavy (non-hydrogen) atoms. The minimum absolute atomic E-state index is 0.0545. The van der Waals surface area contributed by atoms with Crippen LogP contribution in [0.4, 0.5) is 10.1 Å². The Hall–Kier alpha value is -2.39. The Balaban J connectivity index is 2.01. The van der Waals surface area contributed by atoms with Crippen molar-refractivity contribution in [2.24, 2.45) is 0 Å². The molecule has 6 heteroatoms. The molecule has 0 saturated carbocycles. The molecule has 1 saturated heterocycles. The SMILES string of the molecule is C[NH+]1CCN(C=C(C#N)C(=O)Nc2ccc(F)cc2)CC1. The Bertz CT molecular complexity index is 568. The predicted molar refractivity (Wildman–Crippen MR) is 76.9 cm³/mol. The molecule has 1 aromatic carbocycles. The largest absolute Gasteiger partial charge is 0.365 e. The van der Waals surface area contributed by atoms with E-state index in [-0.39, 0.29) is 11.4 Å². The lowest BCUT2D eigenvalue weighted by Gasteiger charge is -2.29. The predicted octanol–water partition coefficient (Wildman–Crippen LogP) is 0.00198. The van der Waals surface area contributed by atoms with Crippen molar-refractivity contribution in [3.05, 3.63) is 41.9 Å². The number of nitriles is 1. The van der Waals surface area contributed by atoms with Crippen LogP contribution in [0.3, 0.4) is 0 Å². The third-order valence-electron chi connectivity index (χ3n) is 3.43. The number of hydrogen-bond acceptors (Lipinski definition) is 3. The van der Waals surface area contributed by atoms with Crippen LogP contribution in [0.15, 0.2) is 36.0 Å². The average molecular weight is 289 g/mol. The number of likely N-dealkylation sites (N-methyl/N-ethyl adjacent to an activating group) is 1. The molecule has 110 valence electrons. The Morgan fingerprint density at radius 1 is 1.38 bits per heavy atom. The van der Waals surface area contributed by atoms with E-state index < -0.39 is 5.91 Å². The number of halogens is 1. The summed E-state index contributed by atoms with van der Waals surface area (Å²) < 4.78 is 12.8. The lowest BCUT2D eigenvalue weighted by Crippen LogP contribution is -3.11. The van der Waals surface area contributed by atoms with Crippen LogP contribution in [0.1, 0.15) is 0 Å². The first-order valence-corrected chi connectivity index (χ1v) is 6.82. The number of anilines is 1. The molecule has 0 radical (unpaired) electrons. The number of piperazine rings is 1. The molecule has 0 aliphatic carbocycles. The molecule has 1 amide bonds. The minimum Gasteiger partial charge on any atom is -0.365 e. The summed E-state index contributed by atoms with van der Waals surface area (Å²) in [6, 6.07) is 7.36. The highest BCUT2D eigenvalue weighted by Gasteiger charge is 2.17. The van der Waals surface area contributed by atoms with Crippen LogP contribution in [0.25, 0.3) is 0 Å². The highest BCUT2D eigenvalue weighted by molar-refractivity contribution is 6.06. The minimum atomic E-state index is -0.476. The zero-order valence-electron chi connectivity index (χ0n) is 11.9. The van der Waals surface area contributed by atoms with Gasteiger partial charge in [-0.2, -0.15) is 5.26 Å². The average Bonchev–Trinajstić information content (AvgIpc) is 2.49. The number of hydrogen-bond donors (Lipinski definition) is 2. The van der Waals surface area contributed by atoms with Crippen LogP contribution >= 0.6 is 0 Å². The molecule has 2 N–H and O–H groups in total. The lowest BCUT2D eigenvalue weighted by atomic mass is 10.2. The zero-order valence-corrected chi connectivity index (χ0v) is 11.9. The Labute approximate surface area is 123 Å². The van der Waals surface area contributed by atoms with Crippen molar-refractivity contribution in [2.45, 2.75) is 0 Å². The van der Waals surface area contributed by atoms with E-state index in [2.05, 4.69) is 12.4 Å². The summed E-state index contributed by atoms with van der Waals surface area (Å²) in [5.74, 6) is -0.848. The van der Waals surface area contributed by atoms with Crippen molar-refractivity contribution in [3.63, 3.8) is 0 Å². The molecular weight excluding hydrogens is 271 g/mol. The van der Waals surface area contributed by atoms with Crippen LogP contribution < -0.4 is 10.2 Å². The first-order chi connectivity index (χ1) is 10.1. The smallest absolute Gasteiger partial charge is 0.267 e. The van der Waals surface area contributed by atoms with Gasteiger partial charge in [-0.3, -0.25) is 4.79 Å². The second-order valence-electron chi connectivity index (χ2n) is 5.11. The van der Waals surface area contributed by atoms with Gasteiger partial charge < -0.3 is 15.1 Å². The van der Waals surface area contributed by atoms with Gasteiger partial charge in [0.25, 0.3) is 5.91 Å². The quantitative estimate of drug-likeness (QED) is 0.608. The first-order valence-electron chi connectivity index (χ1n) is 6.82. The molecule has 0 unspecified atom stereocenters. The molecule has 5 nitrogen and oxygen atoms in total. The summed E-state index contributed by atoms with van der Waals surface area (Å²) in [7, 11) is 2.12. The van der Waals surface area contributed by atoms with Crippen LogP contribution in [0.2, 0.25) is 0 Å². The third kappa shape index (κ3) is 4.29. The third-order valence-corrected chi connectivity index (χ3v) is 3.43. The van der Waals surface area contributed by atoms with Crippen molar-refractivity contribution < 1.29 is 14.1 Å². The molecule has 1 aliphatic heterocycles. The summed E-state index contributed by atoms with van der Waals surface area (Å²) in [5, 5.41) is 11.7. The first kappa shape index (κ1) is 15.0. The molecule has 0 bridgehead atoms. The van der Waals surface area contributed by atoms with E-state index in [9.17, 15) is 9.18 Å². The standard InChI is InChI=1S/C15H17FN4O/c1-19-6-8-20(9-7-19)11-12(10-17)15(21)18-14-4-2-13(16)3-5-14/h2-5,11H,6-9H2,1H3,(H,18,21)/p+1. The van der Waals surface area contributed by atoms with Gasteiger partial charge in [-0.05, 0) is 24.3 Å². The van der Waals surface area contributed by atoms with E-state index in [0.29, 0.717) is 5.69 Å². The summed E-state index contributed by atoms with van der Waals surface area (Å²) >= 11 is 0. The number of carbonyl (C=O) groups is 1. The molecule has 1 aliphatic rings. The molecule has 2 rings (SSSR count). The van der Waals surface area contributed by atoms with Gasteiger partial charge in [-0.1, -0.05) is 0 Å². The number of amides is 1. The number of benzene rings is 1. The maximum Gasteiger partial charge on any atom is 0.267 e. The molecule has 0 spiro atoms. The van der Waals surface area contributed by atoms with Gasteiger partial charge in [0.05, 0.1) is 33.2 Å². The maximum absolute atomic E-state index is 12.8. The summed E-state index contributed by atoms with van der Waals surface area (Å²) in [6.45, 7) is 3.60. The van der Waals surface area contributed by atoms with E-state index in [4.69, 9.17) is 5.26 Å². The molecular formula is C15H18FN4O+. The van der Waals surface area contributed by atoms with Gasteiger partial charge in [0.15, 0.2) is 0 Å². The molecule has 1 aromatic rings. The van der Waals surface area contributed by atoms with Crippen LogP contribution in [0.5, 0.6) is 0 Å². The fourth-order valence-electron chi connectivity index (χ4n) is 2.09. The topological polar surface area (TPSA) is 60.6 Å². The van der Waals surface area contributed by atoms with Crippen LogP contribution in [-0.2, 0) is 4.79 Å². The normalized spacial score (nSPS) is 16.4. The maximum atomic E-state index is 12.8. The Morgan fingerprint density at radius 2 is 2.00 bits per heavy atom. The van der Waals surface area contributed by atoms with Crippen molar-refractivity contribution >= 4 is 11.6 Å². The molecule has 1 fully saturated rings. The fourth-order valence-corrected chi connectivity index (χ4v) is 2.09. The number of nitrogens with zero attached hydrogens (tertiary/aromatic N) is 2. The van der Waals surface area contributed by atoms with Gasteiger partial charge >= 0.3 is 0 Å². The van der Waals surface area contributed by atoms with E-state index in [0.717, 1.165) is 26.2 Å². The van der Waals surface area contributed by atoms with Gasteiger partial charge in [0.1, 0.15) is 17.5 Å². The van der Waals surface area contributed by atoms with Gasteiger partial charge in [0, 0.05) is 11.9 Å². The summed E-state index contributed by atoms with van der Waals surface area (Å²) in [6.07, 6.45) is 1.60. The summed E-state index contributed by atoms with van der Waals surface area (Å²) in [4.78, 5) is 15.5. The molecule has 0 aromatic heterocycles. The zero-order chi connectivity index (χ0) is 15.2. The van der Waals surface area contributed by atoms with Gasteiger partial charge in [0.2, 0.25) is 0 Å². The second kappa shape index (κ2) is 6.86. The fraction of sp³-hybridized carbons (Fsp3) is 0.333. The van der Waals surface area contributed by atoms with Crippen molar-refractivity contribution in [1.29, 1.82) is 5.26 Å². The Kier molecular flexibility index (Phi) is 4.90. The molecule has 1 heterocycles. The highest BCUT2D eigenvalue weighted by Crippen LogP contribution is 2.10. The van der Waals surface area contributed by atoms with E-state index in [1.165, 1.54) is 29.2 Å². The number of nitrogens with one attached hydrogen (secondary N) is 2. The van der Waals surface area contributed by atoms with E-state index in [1.807, 2.05) is 11.0 Å². The monoisotopic (exact) mass is 289 g/mol. The van der Waals surface area contributed by atoms with Crippen molar-refractivity contribution in [2.75, 3.05) is 38.5 Å². The second-order valence-corrected chi connectivity index (χ2v) is 5.11. The van der Waals surface area contributed by atoms with Gasteiger partial charge in [-0.25, -0.2) is 4.39 Å². The number of carbonyl (C=O) groups excluding carboxylic acids is 1. The van der Waals surface area contributed by atoms with Crippen molar-refractivity contribution in [3.8, 4) is 6.07 Å². The van der Waals surface area contributed by atoms with E-state index >= 15 is 0 Å². The number of rotatable bonds is 3. The van der Waals surface area contributed by atoms with E-state index in [1.54, 1.807) is 6.20 Å². The highest BCUT2D eigenvalue weighted by atomic mass is 19.1.